The first-order chi connectivity index (χ1) is 6.04. The first kappa shape index (κ1) is 8.53. The molecule has 2 atom stereocenters. The van der Waals surface area contributed by atoms with Gasteiger partial charge < -0.3 is 9.47 Å². The summed E-state index contributed by atoms with van der Waals surface area (Å²) in [5.74, 6) is -0.816. The molecule has 13 heavy (non-hydrogen) atoms. The fourth-order valence-corrected chi connectivity index (χ4v) is 2.16. The van der Waals surface area contributed by atoms with Gasteiger partial charge in [-0.2, -0.15) is 0 Å². The molecular formula is C9H12O4. The summed E-state index contributed by atoms with van der Waals surface area (Å²) in [6.07, 6.45) is 0.611. The maximum Gasteiger partial charge on any atom is 0.324 e. The highest BCUT2D eigenvalue weighted by Gasteiger charge is 2.59. The van der Waals surface area contributed by atoms with Crippen molar-refractivity contribution >= 4 is 11.9 Å². The minimum absolute atomic E-state index is 0.162. The van der Waals surface area contributed by atoms with Gasteiger partial charge in [0.15, 0.2) is 5.41 Å². The molecule has 2 saturated heterocycles. The van der Waals surface area contributed by atoms with Crippen molar-refractivity contribution in [3.63, 3.8) is 0 Å². The Kier molecular flexibility index (Phi) is 1.62. The number of carbonyl (C=O) groups excluding carboxylic acids is 2. The topological polar surface area (TPSA) is 52.6 Å². The summed E-state index contributed by atoms with van der Waals surface area (Å²) < 4.78 is 9.96. The molecule has 4 nitrogen and oxygen atoms in total. The van der Waals surface area contributed by atoms with Crippen molar-refractivity contribution < 1.29 is 19.1 Å². The third-order valence-electron chi connectivity index (χ3n) is 2.67. The molecule has 0 aliphatic carbocycles. The molecule has 2 heterocycles. The van der Waals surface area contributed by atoms with E-state index in [0.29, 0.717) is 12.8 Å². The highest BCUT2D eigenvalue weighted by Crippen LogP contribution is 2.44. The van der Waals surface area contributed by atoms with Crippen LogP contribution >= 0.6 is 0 Å². The number of carbonyl (C=O) groups is 2. The molecule has 2 aliphatic rings. The Morgan fingerprint density at radius 2 is 1.46 bits per heavy atom. The van der Waals surface area contributed by atoms with Crippen molar-refractivity contribution in [2.75, 3.05) is 0 Å². The Bertz CT molecular complexity index is 243. The van der Waals surface area contributed by atoms with Crippen LogP contribution in [0.4, 0.5) is 0 Å². The van der Waals surface area contributed by atoms with Gasteiger partial charge in [-0.25, -0.2) is 0 Å². The van der Waals surface area contributed by atoms with E-state index in [1.54, 1.807) is 13.8 Å². The van der Waals surface area contributed by atoms with Gasteiger partial charge in [0.25, 0.3) is 0 Å². The lowest BCUT2D eigenvalue weighted by atomic mass is 9.82. The lowest BCUT2D eigenvalue weighted by Crippen LogP contribution is -2.31. The second-order valence-electron chi connectivity index (χ2n) is 3.92. The average Bonchev–Trinajstić information content (AvgIpc) is 2.40. The molecule has 0 aromatic rings. The minimum atomic E-state index is -0.973. The Morgan fingerprint density at radius 1 is 1.08 bits per heavy atom. The molecule has 2 fully saturated rings. The van der Waals surface area contributed by atoms with Gasteiger partial charge in [-0.1, -0.05) is 0 Å². The molecular weight excluding hydrogens is 172 g/mol. The van der Waals surface area contributed by atoms with Gasteiger partial charge in [0, 0.05) is 12.8 Å². The van der Waals surface area contributed by atoms with Crippen molar-refractivity contribution in [1.82, 2.24) is 0 Å². The van der Waals surface area contributed by atoms with Crippen LogP contribution in [0.3, 0.4) is 0 Å². The van der Waals surface area contributed by atoms with E-state index in [1.807, 2.05) is 0 Å². The zero-order valence-electron chi connectivity index (χ0n) is 7.70. The Hall–Kier alpha value is -1.06. The van der Waals surface area contributed by atoms with E-state index >= 15 is 0 Å². The molecule has 0 bridgehead atoms. The smallest absolute Gasteiger partial charge is 0.324 e. The predicted octanol–water partition coefficient (Wildman–Crippen LogP) is 0.644. The Balaban J connectivity index is 2.30. The van der Waals surface area contributed by atoms with Crippen molar-refractivity contribution in [3.8, 4) is 0 Å². The molecule has 2 aliphatic heterocycles. The molecule has 0 radical (unpaired) electrons. The van der Waals surface area contributed by atoms with Crippen LogP contribution in [0.1, 0.15) is 26.7 Å². The maximum absolute atomic E-state index is 11.4. The summed E-state index contributed by atoms with van der Waals surface area (Å²) in [6.45, 7) is 3.59. The lowest BCUT2D eigenvalue weighted by molar-refractivity contribution is -0.158. The van der Waals surface area contributed by atoms with Gasteiger partial charge in [0.05, 0.1) is 0 Å². The third kappa shape index (κ3) is 1.04. The fourth-order valence-electron chi connectivity index (χ4n) is 2.16. The molecule has 4 heteroatoms. The van der Waals surface area contributed by atoms with Crippen LogP contribution in [0, 0.1) is 5.41 Å². The van der Waals surface area contributed by atoms with Gasteiger partial charge in [-0.05, 0) is 13.8 Å². The quantitative estimate of drug-likeness (QED) is 0.409. The monoisotopic (exact) mass is 184 g/mol. The molecule has 0 saturated carbocycles. The van der Waals surface area contributed by atoms with Crippen molar-refractivity contribution in [2.45, 2.75) is 38.9 Å². The standard InChI is InChI=1S/C9H12O4/c1-5-3-9(7(10)12-5)4-6(2)13-8(9)11/h5-6H,3-4H2,1-2H3/t5-,6-,9?/m0/s1. The zero-order valence-corrected chi connectivity index (χ0v) is 7.70. The largest absolute Gasteiger partial charge is 0.462 e. The summed E-state index contributed by atoms with van der Waals surface area (Å²) in [6, 6.07) is 0. The van der Waals surface area contributed by atoms with Crippen LogP contribution in [-0.4, -0.2) is 24.1 Å². The van der Waals surface area contributed by atoms with E-state index in [0.717, 1.165) is 0 Å². The van der Waals surface area contributed by atoms with Crippen LogP contribution in [0.15, 0.2) is 0 Å². The zero-order chi connectivity index (χ0) is 9.64. The molecule has 2 rings (SSSR count). The lowest BCUT2D eigenvalue weighted by Gasteiger charge is -2.10. The van der Waals surface area contributed by atoms with Crippen molar-refractivity contribution in [1.29, 1.82) is 0 Å². The van der Waals surface area contributed by atoms with Gasteiger partial charge in [0.1, 0.15) is 12.2 Å². The fraction of sp³-hybridized carbons (Fsp3) is 0.778. The highest BCUT2D eigenvalue weighted by molar-refractivity contribution is 6.02. The van der Waals surface area contributed by atoms with Crippen LogP contribution in [0.25, 0.3) is 0 Å². The predicted molar refractivity (Wildman–Crippen MR) is 42.8 cm³/mol. The molecule has 0 amide bonds. The van der Waals surface area contributed by atoms with Crippen molar-refractivity contribution in [2.24, 2.45) is 5.41 Å². The second kappa shape index (κ2) is 2.47. The summed E-state index contributed by atoms with van der Waals surface area (Å²) in [7, 11) is 0. The Labute approximate surface area is 76.2 Å². The first-order valence-corrected chi connectivity index (χ1v) is 4.47. The highest BCUT2D eigenvalue weighted by atomic mass is 16.6. The molecule has 72 valence electrons. The van der Waals surface area contributed by atoms with Crippen LogP contribution in [0.2, 0.25) is 0 Å². The van der Waals surface area contributed by atoms with Gasteiger partial charge in [0.2, 0.25) is 0 Å². The normalized spacial score (nSPS) is 36.5. The number of ether oxygens (including phenoxy) is 2. The summed E-state index contributed by atoms with van der Waals surface area (Å²) >= 11 is 0. The summed E-state index contributed by atoms with van der Waals surface area (Å²) in [5.41, 5.74) is -0.973. The Morgan fingerprint density at radius 3 is 1.69 bits per heavy atom. The summed E-state index contributed by atoms with van der Waals surface area (Å²) in [4.78, 5) is 22.9. The average molecular weight is 184 g/mol. The van der Waals surface area contributed by atoms with E-state index in [4.69, 9.17) is 9.47 Å². The van der Waals surface area contributed by atoms with E-state index in [2.05, 4.69) is 0 Å². The van der Waals surface area contributed by atoms with Crippen LogP contribution in [0.5, 0.6) is 0 Å². The molecule has 1 spiro atoms. The molecule has 0 unspecified atom stereocenters. The van der Waals surface area contributed by atoms with Crippen molar-refractivity contribution in [3.05, 3.63) is 0 Å². The van der Waals surface area contributed by atoms with Gasteiger partial charge in [-0.3, -0.25) is 9.59 Å². The van der Waals surface area contributed by atoms with Gasteiger partial charge >= 0.3 is 11.9 Å². The number of rotatable bonds is 0. The second-order valence-corrected chi connectivity index (χ2v) is 3.92. The minimum Gasteiger partial charge on any atom is -0.462 e. The SMILES string of the molecule is C[C@H]1CC2(C[C@H](C)OC2=O)C(=O)O1. The molecule has 0 N–H and O–H groups in total. The number of cyclic esters (lactones) is 2. The van der Waals surface area contributed by atoms with E-state index in [-0.39, 0.29) is 12.2 Å². The van der Waals surface area contributed by atoms with Gasteiger partial charge in [-0.15, -0.1) is 0 Å². The number of hydrogen-bond donors (Lipinski definition) is 0. The molecule has 0 aromatic carbocycles. The summed E-state index contributed by atoms with van der Waals surface area (Å²) in [5, 5.41) is 0. The number of esters is 2. The molecule has 0 aromatic heterocycles. The van der Waals surface area contributed by atoms with Crippen LogP contribution in [-0.2, 0) is 19.1 Å². The van der Waals surface area contributed by atoms with E-state index in [1.165, 1.54) is 0 Å². The van der Waals surface area contributed by atoms with Crippen LogP contribution < -0.4 is 0 Å². The first-order valence-electron chi connectivity index (χ1n) is 4.47. The van der Waals surface area contributed by atoms with E-state index in [9.17, 15) is 9.59 Å². The number of hydrogen-bond acceptors (Lipinski definition) is 4. The maximum atomic E-state index is 11.4. The van der Waals surface area contributed by atoms with E-state index < -0.39 is 17.4 Å². The third-order valence-corrected chi connectivity index (χ3v) is 2.67.